The van der Waals surface area contributed by atoms with Crippen LogP contribution in [0.4, 0.5) is 0 Å². The van der Waals surface area contributed by atoms with Crippen LogP contribution in [0.1, 0.15) is 42.6 Å². The predicted molar refractivity (Wildman–Crippen MR) is 58.2 cm³/mol. The van der Waals surface area contributed by atoms with E-state index in [2.05, 4.69) is 5.10 Å². The molecule has 1 aliphatic carbocycles. The van der Waals surface area contributed by atoms with E-state index in [1.54, 1.807) is 6.92 Å². The minimum atomic E-state index is -3.38. The molecular formula is C10H14N2O3S. The van der Waals surface area contributed by atoms with Crippen LogP contribution in [0, 0.1) is 0 Å². The van der Waals surface area contributed by atoms with Crippen LogP contribution in [-0.2, 0) is 9.84 Å². The van der Waals surface area contributed by atoms with Gasteiger partial charge in [0, 0.05) is 0 Å². The van der Waals surface area contributed by atoms with Crippen molar-refractivity contribution in [2.24, 2.45) is 0 Å². The number of nitrogens with zero attached hydrogens (tertiary/aromatic N) is 2. The van der Waals surface area contributed by atoms with E-state index in [1.807, 2.05) is 0 Å². The largest absolute Gasteiger partial charge is 0.298 e. The lowest BCUT2D eigenvalue weighted by Gasteiger charge is -2.27. The zero-order valence-corrected chi connectivity index (χ0v) is 9.90. The number of aldehydes is 1. The molecule has 5 nitrogen and oxygen atoms in total. The van der Waals surface area contributed by atoms with Gasteiger partial charge >= 0.3 is 0 Å². The first-order valence-electron chi connectivity index (χ1n) is 5.35. The molecule has 0 saturated heterocycles. The zero-order chi connectivity index (χ0) is 11.8. The molecule has 0 aliphatic heterocycles. The van der Waals surface area contributed by atoms with Crippen molar-refractivity contribution in [1.29, 1.82) is 0 Å². The fourth-order valence-electron chi connectivity index (χ4n) is 1.80. The smallest absolute Gasteiger partial charge is 0.195 e. The Bertz CT molecular complexity index is 500. The molecule has 16 heavy (non-hydrogen) atoms. The predicted octanol–water partition coefficient (Wildman–Crippen LogP) is 1.21. The molecule has 1 aliphatic rings. The third-order valence-corrected chi connectivity index (χ3v) is 4.77. The van der Waals surface area contributed by atoms with E-state index in [9.17, 15) is 13.2 Å². The van der Waals surface area contributed by atoms with Crippen LogP contribution in [0.2, 0.25) is 0 Å². The number of hydrogen-bond donors (Lipinski definition) is 0. The molecule has 0 spiro atoms. The van der Waals surface area contributed by atoms with Crippen molar-refractivity contribution in [3.63, 3.8) is 0 Å². The first kappa shape index (κ1) is 11.3. The average Bonchev–Trinajstić information content (AvgIpc) is 2.59. The minimum absolute atomic E-state index is 0.00769. The van der Waals surface area contributed by atoms with Gasteiger partial charge < -0.3 is 0 Å². The van der Waals surface area contributed by atoms with Gasteiger partial charge in [-0.2, -0.15) is 5.10 Å². The first-order valence-corrected chi connectivity index (χ1v) is 7.01. The molecular weight excluding hydrogens is 228 g/mol. The Morgan fingerprint density at radius 2 is 2.25 bits per heavy atom. The van der Waals surface area contributed by atoms with E-state index in [1.165, 1.54) is 10.9 Å². The summed E-state index contributed by atoms with van der Waals surface area (Å²) in [6, 6.07) is 0.144. The Hall–Kier alpha value is -1.17. The van der Waals surface area contributed by atoms with Crippen LogP contribution in [-0.4, -0.2) is 30.2 Å². The minimum Gasteiger partial charge on any atom is -0.298 e. The lowest BCUT2D eigenvalue weighted by atomic mass is 9.93. The second-order valence-electron chi connectivity index (χ2n) is 3.96. The molecule has 1 aromatic heterocycles. The standard InChI is InChI=1S/C10H14N2O3S/c1-2-16(14,15)10-8(7-13)6-11-12(10)9-4-3-5-9/h6-7,9H,2-5H2,1H3. The van der Waals surface area contributed by atoms with Gasteiger partial charge in [0.1, 0.15) is 0 Å². The molecule has 1 fully saturated rings. The molecule has 1 saturated carbocycles. The lowest BCUT2D eigenvalue weighted by Crippen LogP contribution is -2.23. The highest BCUT2D eigenvalue weighted by molar-refractivity contribution is 7.91. The molecule has 1 aromatic rings. The van der Waals surface area contributed by atoms with Crippen molar-refractivity contribution in [3.8, 4) is 0 Å². The number of hydrogen-bond acceptors (Lipinski definition) is 4. The van der Waals surface area contributed by atoms with Crippen LogP contribution < -0.4 is 0 Å². The summed E-state index contributed by atoms with van der Waals surface area (Å²) in [5, 5.41) is 4.12. The molecule has 0 atom stereocenters. The molecule has 2 rings (SSSR count). The highest BCUT2D eigenvalue weighted by Gasteiger charge is 2.29. The molecule has 0 amide bonds. The van der Waals surface area contributed by atoms with Crippen molar-refractivity contribution >= 4 is 16.1 Å². The summed E-state index contributed by atoms with van der Waals surface area (Å²) < 4.78 is 25.3. The monoisotopic (exact) mass is 242 g/mol. The average molecular weight is 242 g/mol. The number of carbonyl (C=O) groups excluding carboxylic acids is 1. The van der Waals surface area contributed by atoms with Crippen LogP contribution in [0.15, 0.2) is 11.2 Å². The highest BCUT2D eigenvalue weighted by atomic mass is 32.2. The maximum Gasteiger partial charge on any atom is 0.195 e. The number of sulfone groups is 1. The van der Waals surface area contributed by atoms with Crippen molar-refractivity contribution < 1.29 is 13.2 Å². The molecule has 0 radical (unpaired) electrons. The van der Waals surface area contributed by atoms with E-state index in [0.29, 0.717) is 6.29 Å². The summed E-state index contributed by atoms with van der Waals surface area (Å²) in [6.07, 6.45) is 4.86. The van der Waals surface area contributed by atoms with Gasteiger partial charge in [-0.25, -0.2) is 8.42 Å². The third-order valence-electron chi connectivity index (χ3n) is 3.00. The van der Waals surface area contributed by atoms with E-state index in [4.69, 9.17) is 0 Å². The zero-order valence-electron chi connectivity index (χ0n) is 9.09. The summed E-state index contributed by atoms with van der Waals surface area (Å²) in [5.41, 5.74) is 0.175. The van der Waals surface area contributed by atoms with Gasteiger partial charge in [0.15, 0.2) is 21.1 Å². The Balaban J connectivity index is 2.54. The van der Waals surface area contributed by atoms with E-state index >= 15 is 0 Å². The summed E-state index contributed by atoms with van der Waals surface area (Å²) in [4.78, 5) is 10.8. The van der Waals surface area contributed by atoms with Crippen LogP contribution >= 0.6 is 0 Å². The van der Waals surface area contributed by atoms with Crippen LogP contribution in [0.25, 0.3) is 0 Å². The molecule has 6 heteroatoms. The van der Waals surface area contributed by atoms with Gasteiger partial charge in [0.25, 0.3) is 0 Å². The number of aromatic nitrogens is 2. The summed E-state index contributed by atoms with van der Waals surface area (Å²) in [5.74, 6) is -0.00769. The second-order valence-corrected chi connectivity index (χ2v) is 6.15. The molecule has 0 N–H and O–H groups in total. The van der Waals surface area contributed by atoms with Crippen molar-refractivity contribution in [1.82, 2.24) is 9.78 Å². The van der Waals surface area contributed by atoms with E-state index < -0.39 is 9.84 Å². The molecule has 1 heterocycles. The summed E-state index contributed by atoms with van der Waals surface area (Å²) in [7, 11) is -3.38. The van der Waals surface area contributed by atoms with Gasteiger partial charge in [-0.3, -0.25) is 9.48 Å². The third kappa shape index (κ3) is 1.67. The second kappa shape index (κ2) is 4.01. The maximum absolute atomic E-state index is 11.9. The van der Waals surface area contributed by atoms with Gasteiger partial charge in [-0.15, -0.1) is 0 Å². The van der Waals surface area contributed by atoms with Gasteiger partial charge in [0.05, 0.1) is 23.6 Å². The maximum atomic E-state index is 11.9. The molecule has 88 valence electrons. The van der Waals surface area contributed by atoms with Crippen molar-refractivity contribution in [2.75, 3.05) is 5.75 Å². The van der Waals surface area contributed by atoms with Gasteiger partial charge in [0.2, 0.25) is 0 Å². The Labute approximate surface area is 94.4 Å². The van der Waals surface area contributed by atoms with Gasteiger partial charge in [-0.05, 0) is 19.3 Å². The fourth-order valence-corrected chi connectivity index (χ4v) is 3.01. The van der Waals surface area contributed by atoms with Crippen molar-refractivity contribution in [3.05, 3.63) is 11.8 Å². The SMILES string of the molecule is CCS(=O)(=O)c1c(C=O)cnn1C1CCC1. The Morgan fingerprint density at radius 3 is 2.69 bits per heavy atom. The molecule has 0 unspecified atom stereocenters. The summed E-state index contributed by atoms with van der Waals surface area (Å²) >= 11 is 0. The Kier molecular flexibility index (Phi) is 2.84. The van der Waals surface area contributed by atoms with Crippen molar-refractivity contribution in [2.45, 2.75) is 37.3 Å². The number of rotatable bonds is 4. The summed E-state index contributed by atoms with van der Waals surface area (Å²) in [6.45, 7) is 1.57. The van der Waals surface area contributed by atoms with E-state index in [-0.39, 0.29) is 22.4 Å². The topological polar surface area (TPSA) is 69.0 Å². The van der Waals surface area contributed by atoms with Crippen LogP contribution in [0.3, 0.4) is 0 Å². The van der Waals surface area contributed by atoms with E-state index in [0.717, 1.165) is 19.3 Å². The highest BCUT2D eigenvalue weighted by Crippen LogP contribution is 2.34. The number of carbonyl (C=O) groups is 1. The first-order chi connectivity index (χ1) is 7.60. The molecule has 0 bridgehead atoms. The molecule has 0 aromatic carbocycles. The van der Waals surface area contributed by atoms with Gasteiger partial charge in [-0.1, -0.05) is 6.92 Å². The Morgan fingerprint density at radius 1 is 1.56 bits per heavy atom. The quantitative estimate of drug-likeness (QED) is 0.744. The normalized spacial score (nSPS) is 17.1. The fraction of sp³-hybridized carbons (Fsp3) is 0.600. The lowest BCUT2D eigenvalue weighted by molar-refractivity contribution is 0.111. The van der Waals surface area contributed by atoms with Crippen LogP contribution in [0.5, 0.6) is 0 Å².